The quantitative estimate of drug-likeness (QED) is 0.700. The summed E-state index contributed by atoms with van der Waals surface area (Å²) in [6, 6.07) is 12.8. The molecule has 0 N–H and O–H groups in total. The van der Waals surface area contributed by atoms with Gasteiger partial charge in [0, 0.05) is 11.1 Å². The van der Waals surface area contributed by atoms with Gasteiger partial charge in [-0.2, -0.15) is 0 Å². The Bertz CT molecular complexity index is 457. The number of hydrogen-bond donors (Lipinski definition) is 0. The van der Waals surface area contributed by atoms with Crippen LogP contribution in [0, 0.1) is 0 Å². The summed E-state index contributed by atoms with van der Waals surface area (Å²) in [5.41, 5.74) is 2.97. The lowest BCUT2D eigenvalue weighted by molar-refractivity contribution is -0.942. The molecular weight excluding hydrogens is 198 g/mol. The fourth-order valence-electron chi connectivity index (χ4n) is 2.63. The fourth-order valence-corrected chi connectivity index (χ4v) is 2.63. The lowest BCUT2D eigenvalue weighted by Crippen LogP contribution is -2.36. The first-order chi connectivity index (χ1) is 7.75. The van der Waals surface area contributed by atoms with Gasteiger partial charge in [0.25, 0.3) is 0 Å². The largest absolute Gasteiger partial charge is 0.463 e. The van der Waals surface area contributed by atoms with E-state index in [9.17, 15) is 0 Å². The molecule has 2 nitrogen and oxygen atoms in total. The van der Waals surface area contributed by atoms with Gasteiger partial charge in [-0.3, -0.25) is 0 Å². The van der Waals surface area contributed by atoms with Crippen LogP contribution < -0.4 is 0 Å². The second-order valence-corrected chi connectivity index (χ2v) is 4.94. The molecule has 1 aliphatic rings. The van der Waals surface area contributed by atoms with E-state index in [2.05, 4.69) is 37.4 Å². The molecule has 2 heteroatoms. The highest BCUT2D eigenvalue weighted by Gasteiger charge is 2.32. The lowest BCUT2D eigenvalue weighted by Gasteiger charge is -2.28. The van der Waals surface area contributed by atoms with Gasteiger partial charge in [0.1, 0.15) is 19.6 Å². The third-order valence-electron chi connectivity index (χ3n) is 3.34. The van der Waals surface area contributed by atoms with Crippen LogP contribution in [0.2, 0.25) is 0 Å². The summed E-state index contributed by atoms with van der Waals surface area (Å²) in [6.45, 7) is 3.19. The molecule has 0 radical (unpaired) electrons. The number of hydrogen-bond acceptors (Lipinski definition) is 1. The van der Waals surface area contributed by atoms with Gasteiger partial charge in [-0.05, 0) is 12.1 Å². The van der Waals surface area contributed by atoms with E-state index in [-0.39, 0.29) is 0 Å². The summed E-state index contributed by atoms with van der Waals surface area (Å²) in [5, 5.41) is 0. The van der Waals surface area contributed by atoms with Crippen molar-refractivity contribution in [2.75, 3.05) is 7.05 Å². The average Bonchev–Trinajstić information content (AvgIpc) is 2.83. The minimum Gasteiger partial charge on any atom is -0.463 e. The molecule has 0 aliphatic carbocycles. The van der Waals surface area contributed by atoms with Crippen molar-refractivity contribution in [3.63, 3.8) is 0 Å². The predicted octanol–water partition coefficient (Wildman–Crippen LogP) is 2.94. The van der Waals surface area contributed by atoms with E-state index in [1.165, 1.54) is 11.1 Å². The molecular formula is C14H16NO+. The molecule has 0 amide bonds. The van der Waals surface area contributed by atoms with Crippen LogP contribution in [0.4, 0.5) is 0 Å². The molecule has 0 saturated heterocycles. The van der Waals surface area contributed by atoms with Crippen LogP contribution in [-0.2, 0) is 19.6 Å². The van der Waals surface area contributed by atoms with Crippen molar-refractivity contribution in [1.82, 2.24) is 0 Å². The van der Waals surface area contributed by atoms with Crippen LogP contribution in [0.25, 0.3) is 0 Å². The zero-order chi connectivity index (χ0) is 11.0. The number of quaternary nitrogens is 1. The average molecular weight is 214 g/mol. The molecule has 0 unspecified atom stereocenters. The Morgan fingerprint density at radius 1 is 1.06 bits per heavy atom. The molecule has 0 fully saturated rings. The number of furan rings is 1. The summed E-state index contributed by atoms with van der Waals surface area (Å²) in [6.07, 6.45) is 1.75. The molecule has 3 rings (SSSR count). The van der Waals surface area contributed by atoms with Gasteiger partial charge >= 0.3 is 0 Å². The summed E-state index contributed by atoms with van der Waals surface area (Å²) in [7, 11) is 2.29. The second-order valence-electron chi connectivity index (χ2n) is 4.94. The minimum absolute atomic E-state index is 0.974. The highest BCUT2D eigenvalue weighted by atomic mass is 16.3. The maximum absolute atomic E-state index is 5.44. The van der Waals surface area contributed by atoms with E-state index < -0.39 is 0 Å². The van der Waals surface area contributed by atoms with Crippen LogP contribution in [0.15, 0.2) is 47.1 Å². The van der Waals surface area contributed by atoms with Crippen molar-refractivity contribution >= 4 is 0 Å². The molecule has 2 heterocycles. The zero-order valence-electron chi connectivity index (χ0n) is 9.52. The van der Waals surface area contributed by atoms with Crippen LogP contribution in [-0.4, -0.2) is 11.5 Å². The molecule has 1 aromatic heterocycles. The first kappa shape index (κ1) is 9.67. The van der Waals surface area contributed by atoms with Gasteiger partial charge in [-0.15, -0.1) is 0 Å². The molecule has 0 bridgehead atoms. The third-order valence-corrected chi connectivity index (χ3v) is 3.34. The van der Waals surface area contributed by atoms with E-state index in [1.54, 1.807) is 6.26 Å². The van der Waals surface area contributed by atoms with E-state index >= 15 is 0 Å². The van der Waals surface area contributed by atoms with Crippen LogP contribution >= 0.6 is 0 Å². The van der Waals surface area contributed by atoms with Gasteiger partial charge in [0.15, 0.2) is 5.76 Å². The van der Waals surface area contributed by atoms with Gasteiger partial charge in [-0.25, -0.2) is 0 Å². The number of nitrogens with zero attached hydrogens (tertiary/aromatic N) is 1. The smallest absolute Gasteiger partial charge is 0.158 e. The van der Waals surface area contributed by atoms with Crippen LogP contribution in [0.5, 0.6) is 0 Å². The van der Waals surface area contributed by atoms with Gasteiger partial charge < -0.3 is 8.90 Å². The Morgan fingerprint density at radius 2 is 1.75 bits per heavy atom. The Hall–Kier alpha value is -1.54. The van der Waals surface area contributed by atoms with Crippen LogP contribution in [0.3, 0.4) is 0 Å². The highest BCUT2D eigenvalue weighted by Crippen LogP contribution is 2.30. The van der Waals surface area contributed by atoms with Crippen molar-refractivity contribution in [1.29, 1.82) is 0 Å². The van der Waals surface area contributed by atoms with Gasteiger partial charge in [-0.1, -0.05) is 24.3 Å². The Kier molecular flexibility index (Phi) is 2.11. The van der Waals surface area contributed by atoms with Crippen molar-refractivity contribution in [3.8, 4) is 0 Å². The van der Waals surface area contributed by atoms with Crippen molar-refractivity contribution in [2.45, 2.75) is 19.6 Å². The maximum Gasteiger partial charge on any atom is 0.158 e. The van der Waals surface area contributed by atoms with E-state index in [0.717, 1.165) is 29.9 Å². The lowest BCUT2D eigenvalue weighted by atomic mass is 10.1. The molecule has 0 spiro atoms. The minimum atomic E-state index is 0.974. The van der Waals surface area contributed by atoms with Crippen molar-refractivity contribution < 1.29 is 8.90 Å². The SMILES string of the molecule is C[N+]1(Cc2ccco2)Cc2ccccc2C1. The monoisotopic (exact) mass is 214 g/mol. The van der Waals surface area contributed by atoms with Crippen molar-refractivity contribution in [2.24, 2.45) is 0 Å². The molecule has 0 saturated carbocycles. The molecule has 1 aromatic carbocycles. The van der Waals surface area contributed by atoms with E-state index in [0.29, 0.717) is 0 Å². The second kappa shape index (κ2) is 3.49. The maximum atomic E-state index is 5.44. The number of fused-ring (bicyclic) bond motifs is 1. The molecule has 16 heavy (non-hydrogen) atoms. The first-order valence-corrected chi connectivity index (χ1v) is 5.68. The first-order valence-electron chi connectivity index (χ1n) is 5.68. The van der Waals surface area contributed by atoms with Crippen molar-refractivity contribution in [3.05, 3.63) is 59.5 Å². The zero-order valence-corrected chi connectivity index (χ0v) is 9.52. The van der Waals surface area contributed by atoms with Crippen LogP contribution in [0.1, 0.15) is 16.9 Å². The third kappa shape index (κ3) is 1.65. The highest BCUT2D eigenvalue weighted by molar-refractivity contribution is 5.27. The Labute approximate surface area is 95.7 Å². The molecule has 0 atom stereocenters. The predicted molar refractivity (Wildman–Crippen MR) is 62.4 cm³/mol. The Morgan fingerprint density at radius 3 is 2.31 bits per heavy atom. The van der Waals surface area contributed by atoms with E-state index in [1.807, 2.05) is 6.07 Å². The Balaban J connectivity index is 1.83. The summed E-state index contributed by atoms with van der Waals surface area (Å²) in [5.74, 6) is 1.08. The van der Waals surface area contributed by atoms with Gasteiger partial charge in [0.2, 0.25) is 0 Å². The number of rotatable bonds is 2. The molecule has 82 valence electrons. The van der Waals surface area contributed by atoms with Gasteiger partial charge in [0.05, 0.1) is 13.3 Å². The number of benzene rings is 1. The summed E-state index contributed by atoms with van der Waals surface area (Å²) < 4.78 is 6.46. The van der Waals surface area contributed by atoms with E-state index in [4.69, 9.17) is 4.42 Å². The summed E-state index contributed by atoms with van der Waals surface area (Å²) in [4.78, 5) is 0. The standard InChI is InChI=1S/C14H16NO/c1-15(11-14-7-4-8-16-14)9-12-5-2-3-6-13(12)10-15/h2-8H,9-11H2,1H3/q+1. The normalized spacial score (nSPS) is 17.3. The fraction of sp³-hybridized carbons (Fsp3) is 0.286. The summed E-state index contributed by atoms with van der Waals surface area (Å²) >= 11 is 0. The topological polar surface area (TPSA) is 13.1 Å². The molecule has 1 aliphatic heterocycles. The molecule has 2 aromatic rings.